The van der Waals surface area contributed by atoms with Crippen molar-refractivity contribution in [2.24, 2.45) is 15.4 Å². The molecule has 0 N–H and O–H groups in total. The molecule has 42 valence electrons. The molecule has 0 unspecified atom stereocenters. The van der Waals surface area contributed by atoms with Crippen LogP contribution in [0.25, 0.3) is 0 Å². The fraction of sp³-hybridized carbons (Fsp3) is 0.500. The van der Waals surface area contributed by atoms with Crippen molar-refractivity contribution < 1.29 is 0 Å². The molecule has 0 aromatic carbocycles. The molecule has 1 aliphatic rings. The van der Waals surface area contributed by atoms with Gasteiger partial charge in [0, 0.05) is 0 Å². The molecule has 0 saturated heterocycles. The lowest BCUT2D eigenvalue weighted by Crippen LogP contribution is -1.65. The topological polar surface area (TPSA) is 37.1 Å². The van der Waals surface area contributed by atoms with Gasteiger partial charge in [-0.3, -0.25) is 0 Å². The molecular formula is C2H5Cl2N3. The highest BCUT2D eigenvalue weighted by atomic mass is 35.5. The van der Waals surface area contributed by atoms with E-state index in [2.05, 4.69) is 15.4 Å². The Labute approximate surface area is 53.7 Å². The summed E-state index contributed by atoms with van der Waals surface area (Å²) >= 11 is 0. The summed E-state index contributed by atoms with van der Waals surface area (Å²) in [6, 6.07) is 0. The van der Waals surface area contributed by atoms with Crippen LogP contribution in [0, 0.1) is 0 Å². The van der Waals surface area contributed by atoms with Gasteiger partial charge in [-0.1, -0.05) is 0 Å². The SMILES string of the molecule is C1=NN=NC1.Cl.Cl. The third-order valence-electron chi connectivity index (χ3n) is 0.360. The third kappa shape index (κ3) is 3.69. The van der Waals surface area contributed by atoms with Crippen LogP contribution in [0.4, 0.5) is 0 Å². The minimum absolute atomic E-state index is 0. The molecule has 0 spiro atoms. The van der Waals surface area contributed by atoms with Crippen molar-refractivity contribution in [1.29, 1.82) is 0 Å². The first kappa shape index (κ1) is 9.97. The maximum atomic E-state index is 3.49. The van der Waals surface area contributed by atoms with Crippen molar-refractivity contribution in [1.82, 2.24) is 0 Å². The molecule has 0 atom stereocenters. The number of nitrogens with zero attached hydrogens (tertiary/aromatic N) is 3. The van der Waals surface area contributed by atoms with Gasteiger partial charge in [0.2, 0.25) is 0 Å². The molecule has 3 nitrogen and oxygen atoms in total. The van der Waals surface area contributed by atoms with Crippen LogP contribution in [-0.2, 0) is 0 Å². The number of hydrogen-bond donors (Lipinski definition) is 0. The minimum Gasteiger partial charge on any atom is -0.163 e. The number of hydrogen-bond acceptors (Lipinski definition) is 3. The first-order valence-electron chi connectivity index (χ1n) is 1.38. The second-order valence-corrected chi connectivity index (χ2v) is 0.711. The first-order chi connectivity index (χ1) is 2.50. The van der Waals surface area contributed by atoms with Gasteiger partial charge in [-0.15, -0.1) is 29.9 Å². The highest BCUT2D eigenvalue weighted by Gasteiger charge is 1.75. The zero-order chi connectivity index (χ0) is 3.54. The summed E-state index contributed by atoms with van der Waals surface area (Å²) in [7, 11) is 0. The van der Waals surface area contributed by atoms with E-state index < -0.39 is 0 Å². The lowest BCUT2D eigenvalue weighted by atomic mass is 10.8. The highest BCUT2D eigenvalue weighted by Crippen LogP contribution is 1.80. The Morgan fingerprint density at radius 1 is 1.29 bits per heavy atom. The normalized spacial score (nSPS) is 12.6. The van der Waals surface area contributed by atoms with Gasteiger partial charge in [-0.25, -0.2) is 0 Å². The van der Waals surface area contributed by atoms with Crippen molar-refractivity contribution in [3.05, 3.63) is 0 Å². The van der Waals surface area contributed by atoms with E-state index in [0.717, 1.165) is 0 Å². The van der Waals surface area contributed by atoms with Crippen LogP contribution in [0.3, 0.4) is 0 Å². The second kappa shape index (κ2) is 5.85. The summed E-state index contributed by atoms with van der Waals surface area (Å²) in [4.78, 5) is 0. The minimum atomic E-state index is 0. The fourth-order valence-corrected chi connectivity index (χ4v) is 0.183. The maximum Gasteiger partial charge on any atom is 0.0992 e. The third-order valence-corrected chi connectivity index (χ3v) is 0.360. The molecule has 0 aliphatic carbocycles. The van der Waals surface area contributed by atoms with E-state index in [4.69, 9.17) is 0 Å². The first-order valence-corrected chi connectivity index (χ1v) is 1.38. The predicted molar refractivity (Wildman–Crippen MR) is 32.7 cm³/mol. The molecule has 0 saturated carbocycles. The van der Waals surface area contributed by atoms with Crippen LogP contribution in [-0.4, -0.2) is 12.8 Å². The highest BCUT2D eigenvalue weighted by molar-refractivity contribution is 5.85. The second-order valence-electron chi connectivity index (χ2n) is 0.711. The standard InChI is InChI=1S/C2H3N3.2ClH/c1-2-4-5-3-1;;/h1H,2H2;2*1H. The Balaban J connectivity index is 0. The van der Waals surface area contributed by atoms with Crippen LogP contribution in [0.2, 0.25) is 0 Å². The average molecular weight is 142 g/mol. The van der Waals surface area contributed by atoms with Gasteiger partial charge < -0.3 is 0 Å². The molecule has 1 heterocycles. The molecule has 5 heteroatoms. The van der Waals surface area contributed by atoms with E-state index in [0.29, 0.717) is 6.54 Å². The predicted octanol–water partition coefficient (Wildman–Crippen LogP) is 1.28. The molecule has 0 aromatic heterocycles. The van der Waals surface area contributed by atoms with Gasteiger partial charge in [0.1, 0.15) is 0 Å². The molecule has 0 radical (unpaired) electrons. The van der Waals surface area contributed by atoms with Crippen molar-refractivity contribution >= 4 is 31.0 Å². The quantitative estimate of drug-likeness (QED) is 0.488. The Morgan fingerprint density at radius 2 is 2.00 bits per heavy atom. The zero-order valence-electron chi connectivity index (χ0n) is 3.44. The van der Waals surface area contributed by atoms with Crippen molar-refractivity contribution in [2.45, 2.75) is 0 Å². The van der Waals surface area contributed by atoms with E-state index in [-0.39, 0.29) is 24.8 Å². The zero-order valence-corrected chi connectivity index (χ0v) is 5.08. The van der Waals surface area contributed by atoms with Crippen molar-refractivity contribution in [2.75, 3.05) is 6.54 Å². The van der Waals surface area contributed by atoms with Gasteiger partial charge in [0.25, 0.3) is 0 Å². The van der Waals surface area contributed by atoms with Gasteiger partial charge in [-0.2, -0.15) is 5.11 Å². The van der Waals surface area contributed by atoms with Crippen molar-refractivity contribution in [3.63, 3.8) is 0 Å². The van der Waals surface area contributed by atoms with E-state index in [1.54, 1.807) is 6.21 Å². The Kier molecular flexibility index (Phi) is 8.33. The summed E-state index contributed by atoms with van der Waals surface area (Å²) < 4.78 is 0. The molecule has 1 aliphatic heterocycles. The lowest BCUT2D eigenvalue weighted by molar-refractivity contribution is 1.06. The Bertz CT molecular complexity index is 69.0. The van der Waals surface area contributed by atoms with Gasteiger partial charge >= 0.3 is 0 Å². The number of rotatable bonds is 0. The maximum absolute atomic E-state index is 3.49. The lowest BCUT2D eigenvalue weighted by Gasteiger charge is -1.52. The van der Waals surface area contributed by atoms with Crippen molar-refractivity contribution in [3.8, 4) is 0 Å². The summed E-state index contributed by atoms with van der Waals surface area (Å²) in [5.74, 6) is 0. The van der Waals surface area contributed by atoms with E-state index in [1.165, 1.54) is 0 Å². The van der Waals surface area contributed by atoms with Crippen LogP contribution in [0.5, 0.6) is 0 Å². The van der Waals surface area contributed by atoms with Gasteiger partial charge in [-0.05, 0) is 5.22 Å². The van der Waals surface area contributed by atoms with Gasteiger partial charge in [0.15, 0.2) is 0 Å². The Hall–Kier alpha value is -0.150. The van der Waals surface area contributed by atoms with Crippen LogP contribution in [0.1, 0.15) is 0 Å². The van der Waals surface area contributed by atoms with E-state index >= 15 is 0 Å². The molecular weight excluding hydrogens is 137 g/mol. The molecule has 0 aromatic rings. The van der Waals surface area contributed by atoms with E-state index in [9.17, 15) is 0 Å². The monoisotopic (exact) mass is 141 g/mol. The molecule has 1 rings (SSSR count). The summed E-state index contributed by atoms with van der Waals surface area (Å²) in [6.45, 7) is 0.667. The molecule has 0 amide bonds. The molecule has 7 heavy (non-hydrogen) atoms. The fourth-order valence-electron chi connectivity index (χ4n) is 0.183. The number of halogens is 2. The van der Waals surface area contributed by atoms with Crippen LogP contribution >= 0.6 is 24.8 Å². The summed E-state index contributed by atoms with van der Waals surface area (Å²) in [5, 5.41) is 10.2. The smallest absolute Gasteiger partial charge is 0.0992 e. The molecule has 0 fully saturated rings. The largest absolute Gasteiger partial charge is 0.163 e. The van der Waals surface area contributed by atoms with Crippen LogP contribution < -0.4 is 0 Å². The molecule has 0 bridgehead atoms. The van der Waals surface area contributed by atoms with E-state index in [1.807, 2.05) is 0 Å². The summed E-state index contributed by atoms with van der Waals surface area (Å²) in [5.41, 5.74) is 0. The summed E-state index contributed by atoms with van der Waals surface area (Å²) in [6.07, 6.45) is 1.65. The average Bonchev–Trinajstić information content (AvgIpc) is 1.76. The Morgan fingerprint density at radius 3 is 2.14 bits per heavy atom. The van der Waals surface area contributed by atoms with Crippen LogP contribution in [0.15, 0.2) is 15.4 Å². The van der Waals surface area contributed by atoms with Gasteiger partial charge in [0.05, 0.1) is 12.8 Å².